The molecule has 0 aromatic heterocycles. The number of halogens is 2. The second kappa shape index (κ2) is 7.59. The van der Waals surface area contributed by atoms with E-state index in [1.807, 2.05) is 0 Å². The Balaban J connectivity index is 2.69. The fourth-order valence-electron chi connectivity index (χ4n) is 2.31. The monoisotopic (exact) mass is 269 g/mol. The van der Waals surface area contributed by atoms with E-state index in [0.717, 1.165) is 19.0 Å². The molecule has 0 fully saturated rings. The Kier molecular flexibility index (Phi) is 6.43. The molecule has 3 heteroatoms. The van der Waals surface area contributed by atoms with Crippen molar-refractivity contribution in [2.24, 2.45) is 11.8 Å². The van der Waals surface area contributed by atoms with Gasteiger partial charge in [-0.3, -0.25) is 0 Å². The third-order valence-corrected chi connectivity index (χ3v) is 3.14. The molecule has 1 aromatic rings. The fourth-order valence-corrected chi connectivity index (χ4v) is 2.31. The van der Waals surface area contributed by atoms with E-state index in [4.69, 9.17) is 0 Å². The van der Waals surface area contributed by atoms with Gasteiger partial charge in [0.05, 0.1) is 0 Å². The zero-order valence-corrected chi connectivity index (χ0v) is 12.3. The molecule has 0 spiro atoms. The molecule has 1 nitrogen and oxygen atoms in total. The molecule has 0 aliphatic heterocycles. The second-order valence-corrected chi connectivity index (χ2v) is 6.00. The van der Waals surface area contributed by atoms with Crippen LogP contribution >= 0.6 is 0 Å². The van der Waals surface area contributed by atoms with Gasteiger partial charge in [0.15, 0.2) is 0 Å². The molecule has 19 heavy (non-hydrogen) atoms. The third-order valence-electron chi connectivity index (χ3n) is 3.14. The standard InChI is InChI=1S/C16H25F2N/c1-11(2)7-13(10-19-12(3)4)8-14-5-6-15(17)9-16(14)18/h5-6,9,11-13,19H,7-8,10H2,1-4H3. The molecule has 1 rings (SSSR count). The highest BCUT2D eigenvalue weighted by Gasteiger charge is 2.15. The van der Waals surface area contributed by atoms with Crippen LogP contribution in [-0.4, -0.2) is 12.6 Å². The van der Waals surface area contributed by atoms with Gasteiger partial charge in [-0.1, -0.05) is 33.8 Å². The highest BCUT2D eigenvalue weighted by Crippen LogP contribution is 2.19. The van der Waals surface area contributed by atoms with Crippen LogP contribution in [0.1, 0.15) is 39.7 Å². The Morgan fingerprint density at radius 1 is 1.11 bits per heavy atom. The maximum absolute atomic E-state index is 13.7. The molecule has 0 saturated carbocycles. The van der Waals surface area contributed by atoms with Crippen LogP contribution < -0.4 is 5.32 Å². The first-order chi connectivity index (χ1) is 8.88. The molecule has 1 atom stereocenters. The number of hydrogen-bond acceptors (Lipinski definition) is 1. The van der Waals surface area contributed by atoms with Gasteiger partial charge in [-0.05, 0) is 42.9 Å². The zero-order valence-electron chi connectivity index (χ0n) is 12.3. The van der Waals surface area contributed by atoms with Crippen molar-refractivity contribution in [3.8, 4) is 0 Å². The van der Waals surface area contributed by atoms with Gasteiger partial charge in [-0.2, -0.15) is 0 Å². The Labute approximate surface area is 115 Å². The molecular weight excluding hydrogens is 244 g/mol. The lowest BCUT2D eigenvalue weighted by molar-refractivity contribution is 0.369. The van der Waals surface area contributed by atoms with Crippen molar-refractivity contribution in [3.05, 3.63) is 35.4 Å². The van der Waals surface area contributed by atoms with Crippen molar-refractivity contribution in [1.29, 1.82) is 0 Å². The molecule has 0 radical (unpaired) electrons. The molecule has 0 heterocycles. The first-order valence-electron chi connectivity index (χ1n) is 7.05. The summed E-state index contributed by atoms with van der Waals surface area (Å²) < 4.78 is 26.6. The summed E-state index contributed by atoms with van der Waals surface area (Å²) in [7, 11) is 0. The summed E-state index contributed by atoms with van der Waals surface area (Å²) >= 11 is 0. The molecule has 0 bridgehead atoms. The van der Waals surface area contributed by atoms with Gasteiger partial charge in [-0.25, -0.2) is 8.78 Å². The molecule has 0 saturated heterocycles. The highest BCUT2D eigenvalue weighted by molar-refractivity contribution is 5.19. The van der Waals surface area contributed by atoms with Crippen molar-refractivity contribution < 1.29 is 8.78 Å². The Morgan fingerprint density at radius 3 is 2.32 bits per heavy atom. The Bertz CT molecular complexity index is 388. The molecule has 108 valence electrons. The van der Waals surface area contributed by atoms with Crippen molar-refractivity contribution in [3.63, 3.8) is 0 Å². The first-order valence-corrected chi connectivity index (χ1v) is 7.05. The highest BCUT2D eigenvalue weighted by atomic mass is 19.1. The summed E-state index contributed by atoms with van der Waals surface area (Å²) in [6, 6.07) is 4.29. The van der Waals surface area contributed by atoms with Crippen LogP contribution in [0.4, 0.5) is 8.78 Å². The zero-order chi connectivity index (χ0) is 14.4. The van der Waals surface area contributed by atoms with E-state index in [2.05, 4.69) is 33.0 Å². The molecule has 1 aromatic carbocycles. The quantitative estimate of drug-likeness (QED) is 0.783. The number of benzene rings is 1. The van der Waals surface area contributed by atoms with E-state index in [1.165, 1.54) is 6.07 Å². The average molecular weight is 269 g/mol. The number of hydrogen-bond donors (Lipinski definition) is 1. The van der Waals surface area contributed by atoms with E-state index < -0.39 is 11.6 Å². The molecule has 1 unspecified atom stereocenters. The van der Waals surface area contributed by atoms with Crippen LogP contribution in [-0.2, 0) is 6.42 Å². The van der Waals surface area contributed by atoms with Crippen LogP contribution in [0.25, 0.3) is 0 Å². The van der Waals surface area contributed by atoms with Gasteiger partial charge < -0.3 is 5.32 Å². The fraction of sp³-hybridized carbons (Fsp3) is 0.625. The van der Waals surface area contributed by atoms with E-state index in [-0.39, 0.29) is 0 Å². The average Bonchev–Trinajstić information content (AvgIpc) is 2.28. The number of nitrogens with one attached hydrogen (secondary N) is 1. The van der Waals surface area contributed by atoms with E-state index in [1.54, 1.807) is 6.07 Å². The molecular formula is C16H25F2N. The van der Waals surface area contributed by atoms with Gasteiger partial charge in [-0.15, -0.1) is 0 Å². The van der Waals surface area contributed by atoms with Crippen molar-refractivity contribution >= 4 is 0 Å². The Hall–Kier alpha value is -0.960. The lowest BCUT2D eigenvalue weighted by Crippen LogP contribution is -2.30. The Morgan fingerprint density at radius 2 is 1.79 bits per heavy atom. The van der Waals surface area contributed by atoms with Crippen LogP contribution in [0, 0.1) is 23.5 Å². The van der Waals surface area contributed by atoms with Crippen molar-refractivity contribution in [1.82, 2.24) is 5.32 Å². The van der Waals surface area contributed by atoms with Gasteiger partial charge in [0, 0.05) is 12.1 Å². The topological polar surface area (TPSA) is 12.0 Å². The maximum Gasteiger partial charge on any atom is 0.129 e. The SMILES string of the molecule is CC(C)CC(CNC(C)C)Cc1ccc(F)cc1F. The van der Waals surface area contributed by atoms with E-state index in [0.29, 0.717) is 29.9 Å². The smallest absolute Gasteiger partial charge is 0.129 e. The van der Waals surface area contributed by atoms with E-state index in [9.17, 15) is 8.78 Å². The van der Waals surface area contributed by atoms with Crippen molar-refractivity contribution in [2.45, 2.75) is 46.6 Å². The summed E-state index contributed by atoms with van der Waals surface area (Å²) in [5.41, 5.74) is 0.609. The van der Waals surface area contributed by atoms with Gasteiger partial charge in [0.1, 0.15) is 11.6 Å². The minimum absolute atomic E-state index is 0.377. The predicted octanol–water partition coefficient (Wildman–Crippen LogP) is 4.17. The van der Waals surface area contributed by atoms with Gasteiger partial charge in [0.25, 0.3) is 0 Å². The number of rotatable bonds is 7. The van der Waals surface area contributed by atoms with Gasteiger partial charge >= 0.3 is 0 Å². The molecule has 0 amide bonds. The summed E-state index contributed by atoms with van der Waals surface area (Å²) in [6.07, 6.45) is 1.69. The minimum atomic E-state index is -0.512. The maximum atomic E-state index is 13.7. The van der Waals surface area contributed by atoms with E-state index >= 15 is 0 Å². The minimum Gasteiger partial charge on any atom is -0.314 e. The predicted molar refractivity (Wildman–Crippen MR) is 76.1 cm³/mol. The van der Waals surface area contributed by atoms with Gasteiger partial charge in [0.2, 0.25) is 0 Å². The van der Waals surface area contributed by atoms with Crippen LogP contribution in [0.15, 0.2) is 18.2 Å². The normalized spacial score (nSPS) is 13.3. The summed E-state index contributed by atoms with van der Waals surface area (Å²) in [5.74, 6) is 0.00472. The lowest BCUT2D eigenvalue weighted by atomic mass is 9.90. The van der Waals surface area contributed by atoms with Crippen molar-refractivity contribution in [2.75, 3.05) is 6.54 Å². The third kappa shape index (κ3) is 6.15. The second-order valence-electron chi connectivity index (χ2n) is 6.00. The molecule has 1 N–H and O–H groups in total. The summed E-state index contributed by atoms with van der Waals surface area (Å²) in [4.78, 5) is 0. The molecule has 0 aliphatic carbocycles. The summed E-state index contributed by atoms with van der Waals surface area (Å²) in [5, 5.41) is 3.41. The largest absolute Gasteiger partial charge is 0.314 e. The molecule has 0 aliphatic rings. The summed E-state index contributed by atoms with van der Waals surface area (Å²) in [6.45, 7) is 9.41. The lowest BCUT2D eigenvalue weighted by Gasteiger charge is -2.21. The van der Waals surface area contributed by atoms with Crippen LogP contribution in [0.5, 0.6) is 0 Å². The first kappa shape index (κ1) is 16.1. The van der Waals surface area contributed by atoms with Crippen LogP contribution in [0.3, 0.4) is 0 Å². The van der Waals surface area contributed by atoms with Crippen LogP contribution in [0.2, 0.25) is 0 Å².